The van der Waals surface area contributed by atoms with Crippen molar-refractivity contribution in [3.8, 4) is 0 Å². The number of rotatable bonds is 5. The van der Waals surface area contributed by atoms with Gasteiger partial charge in [0, 0.05) is 50.5 Å². The Morgan fingerprint density at radius 1 is 1.30 bits per heavy atom. The molecule has 1 aliphatic carbocycles. The highest BCUT2D eigenvalue weighted by atomic mass is 15.3. The predicted molar refractivity (Wildman–Crippen MR) is 83.1 cm³/mol. The molecular weight excluding hydrogens is 248 g/mol. The summed E-state index contributed by atoms with van der Waals surface area (Å²) in [4.78, 5) is 9.71. The number of nitrogens with zero attached hydrogens (tertiary/aromatic N) is 3. The number of nitrogens with one attached hydrogen (secondary N) is 1. The molecule has 3 rings (SSSR count). The zero-order valence-corrected chi connectivity index (χ0v) is 12.7. The maximum atomic E-state index is 4.64. The van der Waals surface area contributed by atoms with E-state index in [0.29, 0.717) is 6.04 Å². The van der Waals surface area contributed by atoms with Crippen molar-refractivity contribution in [3.63, 3.8) is 0 Å². The Labute approximate surface area is 122 Å². The Kier molecular flexibility index (Phi) is 4.22. The van der Waals surface area contributed by atoms with Crippen molar-refractivity contribution in [2.75, 3.05) is 44.7 Å². The number of anilines is 1. The van der Waals surface area contributed by atoms with Crippen LogP contribution >= 0.6 is 0 Å². The van der Waals surface area contributed by atoms with Crippen molar-refractivity contribution < 1.29 is 0 Å². The number of piperazine rings is 1. The van der Waals surface area contributed by atoms with Crippen LogP contribution in [0.3, 0.4) is 0 Å². The fourth-order valence-electron chi connectivity index (χ4n) is 2.97. The summed E-state index contributed by atoms with van der Waals surface area (Å²) in [6.45, 7) is 8.08. The lowest BCUT2D eigenvalue weighted by molar-refractivity contribution is 0.247. The van der Waals surface area contributed by atoms with Crippen LogP contribution in [0.4, 0.5) is 5.82 Å². The lowest BCUT2D eigenvalue weighted by Gasteiger charge is -2.36. The highest BCUT2D eigenvalue weighted by Gasteiger charge is 2.27. The Balaban J connectivity index is 1.64. The summed E-state index contributed by atoms with van der Waals surface area (Å²) in [6, 6.07) is 4.58. The van der Waals surface area contributed by atoms with E-state index in [2.05, 4.69) is 33.1 Å². The van der Waals surface area contributed by atoms with E-state index in [-0.39, 0.29) is 0 Å². The van der Waals surface area contributed by atoms with Gasteiger partial charge in [0.2, 0.25) is 0 Å². The largest absolute Gasteiger partial charge is 0.354 e. The molecule has 4 heteroatoms. The highest BCUT2D eigenvalue weighted by molar-refractivity contribution is 5.48. The normalized spacial score (nSPS) is 22.0. The summed E-state index contributed by atoms with van der Waals surface area (Å²) in [5.41, 5.74) is 1.31. The summed E-state index contributed by atoms with van der Waals surface area (Å²) in [7, 11) is 2.01. The van der Waals surface area contributed by atoms with E-state index >= 15 is 0 Å². The summed E-state index contributed by atoms with van der Waals surface area (Å²) < 4.78 is 0. The highest BCUT2D eigenvalue weighted by Crippen LogP contribution is 2.30. The van der Waals surface area contributed by atoms with Crippen molar-refractivity contribution in [3.05, 3.63) is 23.9 Å². The first kappa shape index (κ1) is 13.8. The third-order valence-corrected chi connectivity index (χ3v) is 4.60. The van der Waals surface area contributed by atoms with Crippen LogP contribution in [0.2, 0.25) is 0 Å². The first-order valence-electron chi connectivity index (χ1n) is 7.87. The van der Waals surface area contributed by atoms with Gasteiger partial charge in [-0.2, -0.15) is 0 Å². The SMILES string of the molecule is CNC(C)c1cccnc1N1CCN(CC2CC2)CC1. The third-order valence-electron chi connectivity index (χ3n) is 4.60. The van der Waals surface area contributed by atoms with E-state index in [0.717, 1.165) is 19.0 Å². The fourth-order valence-corrected chi connectivity index (χ4v) is 2.97. The Hall–Kier alpha value is -1.13. The van der Waals surface area contributed by atoms with Crippen LogP contribution in [0, 0.1) is 5.92 Å². The number of pyridine rings is 1. The van der Waals surface area contributed by atoms with Gasteiger partial charge in [-0.25, -0.2) is 4.98 Å². The van der Waals surface area contributed by atoms with Crippen LogP contribution in [0.5, 0.6) is 0 Å². The average Bonchev–Trinajstić information content (AvgIpc) is 3.31. The molecule has 0 bridgehead atoms. The van der Waals surface area contributed by atoms with Crippen LogP contribution in [0.15, 0.2) is 18.3 Å². The topological polar surface area (TPSA) is 31.4 Å². The van der Waals surface area contributed by atoms with E-state index in [1.165, 1.54) is 43.9 Å². The Bertz CT molecular complexity index is 436. The molecule has 2 fully saturated rings. The molecule has 4 nitrogen and oxygen atoms in total. The molecule has 1 aromatic heterocycles. The van der Waals surface area contributed by atoms with E-state index < -0.39 is 0 Å². The molecule has 110 valence electrons. The summed E-state index contributed by atoms with van der Waals surface area (Å²) >= 11 is 0. The van der Waals surface area contributed by atoms with Crippen LogP contribution in [0.1, 0.15) is 31.4 Å². The monoisotopic (exact) mass is 274 g/mol. The van der Waals surface area contributed by atoms with Gasteiger partial charge >= 0.3 is 0 Å². The Morgan fingerprint density at radius 3 is 2.70 bits per heavy atom. The predicted octanol–water partition coefficient (Wildman–Crippen LogP) is 1.89. The molecule has 1 aliphatic heterocycles. The third kappa shape index (κ3) is 3.13. The van der Waals surface area contributed by atoms with Gasteiger partial charge in [-0.1, -0.05) is 6.07 Å². The lowest BCUT2D eigenvalue weighted by atomic mass is 10.1. The molecule has 0 spiro atoms. The molecule has 20 heavy (non-hydrogen) atoms. The minimum Gasteiger partial charge on any atom is -0.354 e. The van der Waals surface area contributed by atoms with E-state index in [9.17, 15) is 0 Å². The molecule has 1 aromatic rings. The molecule has 2 aliphatic rings. The van der Waals surface area contributed by atoms with Gasteiger partial charge in [-0.3, -0.25) is 4.90 Å². The van der Waals surface area contributed by atoms with Gasteiger partial charge in [-0.05, 0) is 38.8 Å². The van der Waals surface area contributed by atoms with E-state index in [1.807, 2.05) is 19.3 Å². The van der Waals surface area contributed by atoms with Gasteiger partial charge < -0.3 is 10.2 Å². The summed E-state index contributed by atoms with van der Waals surface area (Å²) in [6.07, 6.45) is 4.81. The van der Waals surface area contributed by atoms with Crippen LogP contribution in [0.25, 0.3) is 0 Å². The van der Waals surface area contributed by atoms with Crippen LogP contribution in [-0.2, 0) is 0 Å². The second-order valence-corrected chi connectivity index (χ2v) is 6.16. The van der Waals surface area contributed by atoms with Gasteiger partial charge in [-0.15, -0.1) is 0 Å². The van der Waals surface area contributed by atoms with Gasteiger partial charge in [0.25, 0.3) is 0 Å². The molecule has 1 atom stereocenters. The lowest BCUT2D eigenvalue weighted by Crippen LogP contribution is -2.47. The van der Waals surface area contributed by atoms with Crippen molar-refractivity contribution in [2.45, 2.75) is 25.8 Å². The molecule has 1 saturated carbocycles. The average molecular weight is 274 g/mol. The molecule has 1 saturated heterocycles. The zero-order valence-electron chi connectivity index (χ0n) is 12.7. The fraction of sp³-hybridized carbons (Fsp3) is 0.688. The van der Waals surface area contributed by atoms with Crippen LogP contribution in [-0.4, -0.2) is 49.7 Å². The quantitative estimate of drug-likeness (QED) is 0.888. The molecule has 1 unspecified atom stereocenters. The smallest absolute Gasteiger partial charge is 0.133 e. The van der Waals surface area contributed by atoms with Crippen LogP contribution < -0.4 is 10.2 Å². The minimum atomic E-state index is 0.350. The Morgan fingerprint density at radius 2 is 2.05 bits per heavy atom. The van der Waals surface area contributed by atoms with Crippen molar-refractivity contribution in [1.82, 2.24) is 15.2 Å². The zero-order chi connectivity index (χ0) is 13.9. The molecule has 0 radical (unpaired) electrons. The number of hydrogen-bond donors (Lipinski definition) is 1. The van der Waals surface area contributed by atoms with Gasteiger partial charge in [0.1, 0.15) is 5.82 Å². The summed E-state index contributed by atoms with van der Waals surface area (Å²) in [5.74, 6) is 2.16. The first-order chi connectivity index (χ1) is 9.78. The molecular formula is C16H26N4. The van der Waals surface area contributed by atoms with Crippen molar-refractivity contribution in [1.29, 1.82) is 0 Å². The molecule has 2 heterocycles. The van der Waals surface area contributed by atoms with Crippen molar-refractivity contribution >= 4 is 5.82 Å². The first-order valence-corrected chi connectivity index (χ1v) is 7.87. The minimum absolute atomic E-state index is 0.350. The maximum Gasteiger partial charge on any atom is 0.133 e. The maximum absolute atomic E-state index is 4.64. The second kappa shape index (κ2) is 6.10. The van der Waals surface area contributed by atoms with Crippen molar-refractivity contribution in [2.24, 2.45) is 5.92 Å². The number of aromatic nitrogens is 1. The van der Waals surface area contributed by atoms with E-state index in [4.69, 9.17) is 0 Å². The molecule has 1 N–H and O–H groups in total. The standard InChI is InChI=1S/C16H26N4/c1-13(17-2)15-4-3-7-18-16(15)20-10-8-19(9-11-20)12-14-5-6-14/h3-4,7,13-14,17H,5-6,8-12H2,1-2H3. The molecule has 0 amide bonds. The number of hydrogen-bond acceptors (Lipinski definition) is 4. The second-order valence-electron chi connectivity index (χ2n) is 6.16. The molecule has 0 aromatic carbocycles. The van der Waals surface area contributed by atoms with E-state index in [1.54, 1.807) is 0 Å². The van der Waals surface area contributed by atoms with Gasteiger partial charge in [0.05, 0.1) is 0 Å². The van der Waals surface area contributed by atoms with Gasteiger partial charge in [0.15, 0.2) is 0 Å². The summed E-state index contributed by atoms with van der Waals surface area (Å²) in [5, 5.41) is 3.33.